The quantitative estimate of drug-likeness (QED) is 0.543. The zero-order valence-corrected chi connectivity index (χ0v) is 21.6. The van der Waals surface area contributed by atoms with Crippen molar-refractivity contribution in [3.63, 3.8) is 0 Å². The fourth-order valence-electron chi connectivity index (χ4n) is 4.79. The zero-order valence-electron chi connectivity index (χ0n) is 20.0. The Morgan fingerprint density at radius 1 is 1.12 bits per heavy atom. The van der Waals surface area contributed by atoms with Gasteiger partial charge in [0.25, 0.3) is 0 Å². The zero-order chi connectivity index (χ0) is 24.1. The number of sulfonamides is 1. The average molecular weight is 509 g/mol. The monoisotopic (exact) mass is 508 g/mol. The van der Waals surface area contributed by atoms with E-state index in [2.05, 4.69) is 17.1 Å². The van der Waals surface area contributed by atoms with Crippen LogP contribution in [0.25, 0.3) is 0 Å². The van der Waals surface area contributed by atoms with E-state index in [0.717, 1.165) is 56.1 Å². The predicted octanol–water partition coefficient (Wildman–Crippen LogP) is 2.54. The first-order valence-electron chi connectivity index (χ1n) is 12.4. The highest BCUT2D eigenvalue weighted by atomic mass is 32.2. The summed E-state index contributed by atoms with van der Waals surface area (Å²) in [6.07, 6.45) is 6.11. The van der Waals surface area contributed by atoms with E-state index in [1.807, 2.05) is 0 Å². The van der Waals surface area contributed by atoms with Crippen molar-refractivity contribution in [3.8, 4) is 0 Å². The fraction of sp³-hybridized carbons (Fsp3) is 0.667. The molecule has 0 radical (unpaired) electrons. The lowest BCUT2D eigenvalue weighted by Crippen LogP contribution is -2.44. The number of thioether (sulfide) groups is 1. The molecule has 3 aliphatic heterocycles. The van der Waals surface area contributed by atoms with Crippen LogP contribution in [-0.4, -0.2) is 81.0 Å². The van der Waals surface area contributed by atoms with Crippen molar-refractivity contribution in [2.75, 3.05) is 56.5 Å². The average Bonchev–Trinajstić information content (AvgIpc) is 2.85. The molecule has 0 bridgehead atoms. The highest BCUT2D eigenvalue weighted by molar-refractivity contribution is 8.00. The molecule has 34 heavy (non-hydrogen) atoms. The minimum Gasteiger partial charge on any atom is -0.355 e. The highest BCUT2D eigenvalue weighted by Gasteiger charge is 2.31. The van der Waals surface area contributed by atoms with E-state index in [4.69, 9.17) is 0 Å². The SMILES string of the molecule is CC1CCN(CCCNC(=O)CN2C(=O)CSc3ccc(S(=O)(=O)N4CCCCC4)cc32)CC1. The summed E-state index contributed by atoms with van der Waals surface area (Å²) >= 11 is 1.38. The Bertz CT molecular complexity index is 987. The molecule has 3 aliphatic rings. The van der Waals surface area contributed by atoms with Crippen molar-refractivity contribution in [2.24, 2.45) is 5.92 Å². The van der Waals surface area contributed by atoms with Gasteiger partial charge >= 0.3 is 0 Å². The number of anilines is 1. The lowest BCUT2D eigenvalue weighted by atomic mass is 9.99. The van der Waals surface area contributed by atoms with Crippen LogP contribution >= 0.6 is 11.8 Å². The largest absolute Gasteiger partial charge is 0.355 e. The molecule has 2 saturated heterocycles. The molecule has 0 aliphatic carbocycles. The number of fused-ring (bicyclic) bond motifs is 1. The summed E-state index contributed by atoms with van der Waals surface area (Å²) in [7, 11) is -3.62. The van der Waals surface area contributed by atoms with Crippen molar-refractivity contribution in [2.45, 2.75) is 55.2 Å². The van der Waals surface area contributed by atoms with Crippen LogP contribution in [0.1, 0.15) is 45.4 Å². The molecule has 3 heterocycles. The van der Waals surface area contributed by atoms with Crippen LogP contribution in [0.2, 0.25) is 0 Å². The van der Waals surface area contributed by atoms with E-state index in [0.29, 0.717) is 25.3 Å². The maximum absolute atomic E-state index is 13.1. The number of benzene rings is 1. The topological polar surface area (TPSA) is 90.0 Å². The van der Waals surface area contributed by atoms with Crippen molar-refractivity contribution in [1.82, 2.24) is 14.5 Å². The summed E-state index contributed by atoms with van der Waals surface area (Å²) in [6.45, 7) is 7.02. The number of carbonyl (C=O) groups excluding carboxylic acids is 2. The van der Waals surface area contributed by atoms with Crippen molar-refractivity contribution >= 4 is 39.3 Å². The second-order valence-electron chi connectivity index (χ2n) is 9.59. The molecule has 188 valence electrons. The third-order valence-corrected chi connectivity index (χ3v) is 9.92. The van der Waals surface area contributed by atoms with Crippen LogP contribution in [0.4, 0.5) is 5.69 Å². The molecule has 0 aromatic heterocycles. The molecule has 8 nitrogen and oxygen atoms in total. The van der Waals surface area contributed by atoms with Crippen LogP contribution in [0.5, 0.6) is 0 Å². The Morgan fingerprint density at radius 3 is 2.59 bits per heavy atom. The standard InChI is InChI=1S/C24H36N4O4S2/c1-19-8-14-26(15-9-19)11-5-10-25-23(29)17-28-21-16-20(6-7-22(21)33-18-24(28)30)34(31,32)27-12-3-2-4-13-27/h6-7,16,19H,2-5,8-15,17-18H2,1H3,(H,25,29). The van der Waals surface area contributed by atoms with Crippen molar-refractivity contribution in [1.29, 1.82) is 0 Å². The number of rotatable bonds is 8. The summed E-state index contributed by atoms with van der Waals surface area (Å²) in [5.41, 5.74) is 0.511. The van der Waals surface area contributed by atoms with Crippen molar-refractivity contribution in [3.05, 3.63) is 18.2 Å². The number of hydrogen-bond donors (Lipinski definition) is 1. The third kappa shape index (κ3) is 6.13. The molecule has 1 N–H and O–H groups in total. The molecule has 1 aromatic carbocycles. The molecule has 1 aromatic rings. The van der Waals surface area contributed by atoms with E-state index < -0.39 is 10.0 Å². The molecular weight excluding hydrogens is 472 g/mol. The lowest BCUT2D eigenvalue weighted by Gasteiger charge is -2.31. The van der Waals surface area contributed by atoms with Gasteiger partial charge in [-0.25, -0.2) is 8.42 Å². The van der Waals surface area contributed by atoms with Gasteiger partial charge in [-0.15, -0.1) is 11.8 Å². The van der Waals surface area contributed by atoms with E-state index >= 15 is 0 Å². The number of amides is 2. The molecule has 0 atom stereocenters. The van der Waals surface area contributed by atoms with Gasteiger partial charge in [-0.1, -0.05) is 13.3 Å². The number of likely N-dealkylation sites (tertiary alicyclic amines) is 1. The summed E-state index contributed by atoms with van der Waals surface area (Å²) in [5, 5.41) is 2.93. The third-order valence-electron chi connectivity index (χ3n) is 6.98. The van der Waals surface area contributed by atoms with Gasteiger partial charge in [0.2, 0.25) is 21.8 Å². The minimum absolute atomic E-state index is 0.0964. The Morgan fingerprint density at radius 2 is 1.85 bits per heavy atom. The van der Waals surface area contributed by atoms with Crippen molar-refractivity contribution < 1.29 is 18.0 Å². The Kier molecular flexibility index (Phi) is 8.55. The first-order valence-corrected chi connectivity index (χ1v) is 14.8. The molecule has 2 fully saturated rings. The molecule has 4 rings (SSSR count). The fourth-order valence-corrected chi connectivity index (χ4v) is 7.24. The van der Waals surface area contributed by atoms with E-state index in [1.165, 1.54) is 33.8 Å². The second kappa shape index (κ2) is 11.4. The normalized spacial score (nSPS) is 20.9. The number of nitrogens with one attached hydrogen (secondary N) is 1. The minimum atomic E-state index is -3.62. The first-order chi connectivity index (χ1) is 16.3. The summed E-state index contributed by atoms with van der Waals surface area (Å²) in [6, 6.07) is 4.94. The maximum atomic E-state index is 13.1. The van der Waals surface area contributed by atoms with E-state index in [1.54, 1.807) is 18.2 Å². The van der Waals surface area contributed by atoms with E-state index in [9.17, 15) is 18.0 Å². The summed E-state index contributed by atoms with van der Waals surface area (Å²) < 4.78 is 27.8. The Labute approximate surface area is 207 Å². The van der Waals surface area contributed by atoms with Crippen LogP contribution in [0.15, 0.2) is 28.0 Å². The number of carbonyl (C=O) groups is 2. The molecule has 0 saturated carbocycles. The number of hydrogen-bond acceptors (Lipinski definition) is 6. The van der Waals surface area contributed by atoms with Gasteiger partial charge in [0.1, 0.15) is 6.54 Å². The Balaban J connectivity index is 1.36. The first kappa shape index (κ1) is 25.5. The van der Waals surface area contributed by atoms with Gasteiger partial charge in [-0.05, 0) is 75.9 Å². The smallest absolute Gasteiger partial charge is 0.243 e. The highest BCUT2D eigenvalue weighted by Crippen LogP contribution is 2.37. The number of piperidine rings is 2. The van der Waals surface area contributed by atoms with Gasteiger partial charge in [-0.3, -0.25) is 9.59 Å². The molecular formula is C24H36N4O4S2. The molecule has 2 amide bonds. The van der Waals surface area contributed by atoms with Crippen LogP contribution in [0, 0.1) is 5.92 Å². The van der Waals surface area contributed by atoms with Crippen LogP contribution in [0.3, 0.4) is 0 Å². The van der Waals surface area contributed by atoms with Crippen LogP contribution in [-0.2, 0) is 19.6 Å². The van der Waals surface area contributed by atoms with Crippen LogP contribution < -0.4 is 10.2 Å². The van der Waals surface area contributed by atoms with Gasteiger partial charge in [0.05, 0.1) is 16.3 Å². The Hall–Kier alpha value is -1.62. The predicted molar refractivity (Wildman–Crippen MR) is 135 cm³/mol. The summed E-state index contributed by atoms with van der Waals surface area (Å²) in [4.78, 5) is 30.2. The molecule has 10 heteroatoms. The van der Waals surface area contributed by atoms with E-state index in [-0.39, 0.29) is 29.0 Å². The lowest BCUT2D eigenvalue weighted by molar-refractivity contribution is -0.123. The number of nitrogens with zero attached hydrogens (tertiary/aromatic N) is 3. The van der Waals surface area contributed by atoms with Gasteiger partial charge in [0, 0.05) is 24.5 Å². The van der Waals surface area contributed by atoms with Gasteiger partial charge in [-0.2, -0.15) is 4.31 Å². The second-order valence-corrected chi connectivity index (χ2v) is 12.5. The summed E-state index contributed by atoms with van der Waals surface area (Å²) in [5.74, 6) is 0.645. The molecule has 0 spiro atoms. The van der Waals surface area contributed by atoms with Gasteiger partial charge in [0.15, 0.2) is 0 Å². The maximum Gasteiger partial charge on any atom is 0.243 e. The van der Waals surface area contributed by atoms with Gasteiger partial charge < -0.3 is 15.1 Å². The molecule has 0 unspecified atom stereocenters.